The second-order valence-electron chi connectivity index (χ2n) is 3.36. The number of aryl methyl sites for hydroxylation is 1. The number of nitrogens with zero attached hydrogens (tertiary/aromatic N) is 1. The Morgan fingerprint density at radius 1 is 1.38 bits per heavy atom. The second kappa shape index (κ2) is 4.03. The molecule has 2 aromatic rings. The van der Waals surface area contributed by atoms with Crippen molar-refractivity contribution in [2.24, 2.45) is 0 Å². The van der Waals surface area contributed by atoms with Crippen molar-refractivity contribution < 1.29 is 4.42 Å². The third kappa shape index (κ3) is 1.61. The maximum atomic E-state index is 12.0. The van der Waals surface area contributed by atoms with Crippen molar-refractivity contribution in [2.75, 3.05) is 0 Å². The van der Waals surface area contributed by atoms with Crippen LogP contribution in [-0.4, -0.2) is 0 Å². The first-order valence-corrected chi connectivity index (χ1v) is 4.82. The van der Waals surface area contributed by atoms with Crippen molar-refractivity contribution in [3.8, 4) is 6.07 Å². The molecular weight excluding hydrogens is 202 g/mol. The SMILES string of the molecule is Cc1oc2ccccc2c(=O)c1/C=C/C#N. The van der Waals surface area contributed by atoms with Crippen LogP contribution in [0.15, 0.2) is 39.6 Å². The molecule has 0 amide bonds. The molecule has 0 fully saturated rings. The van der Waals surface area contributed by atoms with E-state index in [9.17, 15) is 4.79 Å². The maximum Gasteiger partial charge on any atom is 0.200 e. The summed E-state index contributed by atoms with van der Waals surface area (Å²) in [6.07, 6.45) is 2.75. The molecule has 0 saturated heterocycles. The predicted octanol–water partition coefficient (Wildman–Crippen LogP) is 2.64. The Balaban J connectivity index is 2.82. The fraction of sp³-hybridized carbons (Fsp3) is 0.0769. The van der Waals surface area contributed by atoms with Gasteiger partial charge in [-0.2, -0.15) is 5.26 Å². The second-order valence-corrected chi connectivity index (χ2v) is 3.36. The summed E-state index contributed by atoms with van der Waals surface area (Å²) in [6.45, 7) is 1.71. The van der Waals surface area contributed by atoms with E-state index in [0.717, 1.165) is 0 Å². The maximum absolute atomic E-state index is 12.0. The number of nitriles is 1. The summed E-state index contributed by atoms with van der Waals surface area (Å²) in [5, 5.41) is 8.99. The smallest absolute Gasteiger partial charge is 0.200 e. The van der Waals surface area contributed by atoms with Crippen LogP contribution < -0.4 is 5.43 Å². The monoisotopic (exact) mass is 211 g/mol. The Morgan fingerprint density at radius 3 is 2.88 bits per heavy atom. The number of benzene rings is 1. The Morgan fingerprint density at radius 2 is 2.12 bits per heavy atom. The first kappa shape index (κ1) is 10.2. The van der Waals surface area contributed by atoms with E-state index >= 15 is 0 Å². The van der Waals surface area contributed by atoms with E-state index in [-0.39, 0.29) is 5.43 Å². The van der Waals surface area contributed by atoms with Crippen LogP contribution >= 0.6 is 0 Å². The minimum Gasteiger partial charge on any atom is -0.460 e. The number of rotatable bonds is 1. The van der Waals surface area contributed by atoms with Gasteiger partial charge >= 0.3 is 0 Å². The lowest BCUT2D eigenvalue weighted by Crippen LogP contribution is -2.07. The van der Waals surface area contributed by atoms with Gasteiger partial charge < -0.3 is 4.42 Å². The van der Waals surface area contributed by atoms with Gasteiger partial charge in [-0.3, -0.25) is 4.79 Å². The molecule has 0 aliphatic heterocycles. The van der Waals surface area contributed by atoms with Gasteiger partial charge in [-0.25, -0.2) is 0 Å². The number of hydrogen-bond donors (Lipinski definition) is 0. The minimum absolute atomic E-state index is 0.106. The van der Waals surface area contributed by atoms with Crippen molar-refractivity contribution >= 4 is 17.0 Å². The average Bonchev–Trinajstić information content (AvgIpc) is 2.29. The average molecular weight is 211 g/mol. The van der Waals surface area contributed by atoms with Crippen LogP contribution in [-0.2, 0) is 0 Å². The summed E-state index contributed by atoms with van der Waals surface area (Å²) in [6, 6.07) is 8.92. The van der Waals surface area contributed by atoms with Crippen LogP contribution in [0.25, 0.3) is 17.0 Å². The summed E-state index contributed by atoms with van der Waals surface area (Å²) in [4.78, 5) is 12.0. The number of allylic oxidation sites excluding steroid dienone is 1. The summed E-state index contributed by atoms with van der Waals surface area (Å²) in [5.74, 6) is 0.523. The molecule has 0 N–H and O–H groups in total. The van der Waals surface area contributed by atoms with E-state index in [1.54, 1.807) is 25.1 Å². The van der Waals surface area contributed by atoms with E-state index in [4.69, 9.17) is 9.68 Å². The Labute approximate surface area is 92.2 Å². The van der Waals surface area contributed by atoms with Gasteiger partial charge in [0.25, 0.3) is 0 Å². The molecule has 2 rings (SSSR count). The van der Waals surface area contributed by atoms with E-state index in [0.29, 0.717) is 22.3 Å². The summed E-state index contributed by atoms with van der Waals surface area (Å²) in [5.41, 5.74) is 0.894. The van der Waals surface area contributed by atoms with Crippen LogP contribution in [0.5, 0.6) is 0 Å². The van der Waals surface area contributed by atoms with E-state index in [2.05, 4.69) is 0 Å². The van der Waals surface area contributed by atoms with Crippen molar-refractivity contribution in [3.05, 3.63) is 51.9 Å². The van der Waals surface area contributed by atoms with Crippen molar-refractivity contribution in [1.29, 1.82) is 5.26 Å². The first-order valence-electron chi connectivity index (χ1n) is 4.82. The zero-order valence-corrected chi connectivity index (χ0v) is 8.73. The molecule has 1 aromatic heterocycles. The van der Waals surface area contributed by atoms with Crippen LogP contribution in [0.2, 0.25) is 0 Å². The van der Waals surface area contributed by atoms with Crippen molar-refractivity contribution in [3.63, 3.8) is 0 Å². The lowest BCUT2D eigenvalue weighted by atomic mass is 10.1. The molecule has 0 spiro atoms. The fourth-order valence-corrected chi connectivity index (χ4v) is 1.58. The molecule has 1 aromatic carbocycles. The number of hydrogen-bond acceptors (Lipinski definition) is 3. The standard InChI is InChI=1S/C13H9NO2/c1-9-10(6-4-8-14)13(15)11-5-2-3-7-12(11)16-9/h2-7H,1H3/b6-4+. The molecule has 0 radical (unpaired) electrons. The molecule has 3 heteroatoms. The predicted molar refractivity (Wildman–Crippen MR) is 61.9 cm³/mol. The molecule has 0 bridgehead atoms. The van der Waals surface area contributed by atoms with E-state index < -0.39 is 0 Å². The third-order valence-electron chi connectivity index (χ3n) is 2.34. The molecule has 16 heavy (non-hydrogen) atoms. The highest BCUT2D eigenvalue weighted by molar-refractivity contribution is 5.79. The third-order valence-corrected chi connectivity index (χ3v) is 2.34. The molecular formula is C13H9NO2. The number of para-hydroxylation sites is 1. The quantitative estimate of drug-likeness (QED) is 0.681. The van der Waals surface area contributed by atoms with Crippen LogP contribution in [0.3, 0.4) is 0 Å². The molecule has 0 atom stereocenters. The zero-order chi connectivity index (χ0) is 11.5. The number of fused-ring (bicyclic) bond motifs is 1. The van der Waals surface area contributed by atoms with Crippen LogP contribution in [0.4, 0.5) is 0 Å². The zero-order valence-electron chi connectivity index (χ0n) is 8.73. The fourth-order valence-electron chi connectivity index (χ4n) is 1.58. The summed E-state index contributed by atoms with van der Waals surface area (Å²) < 4.78 is 5.51. The van der Waals surface area contributed by atoms with Gasteiger partial charge in [0.2, 0.25) is 0 Å². The van der Waals surface area contributed by atoms with E-state index in [1.165, 1.54) is 12.2 Å². The largest absolute Gasteiger partial charge is 0.460 e. The lowest BCUT2D eigenvalue weighted by Gasteiger charge is -2.01. The normalized spacial score (nSPS) is 10.8. The van der Waals surface area contributed by atoms with Gasteiger partial charge in [-0.05, 0) is 25.1 Å². The first-order chi connectivity index (χ1) is 7.74. The van der Waals surface area contributed by atoms with Gasteiger partial charge in [0, 0.05) is 6.08 Å². The van der Waals surface area contributed by atoms with Crippen molar-refractivity contribution in [1.82, 2.24) is 0 Å². The lowest BCUT2D eigenvalue weighted by molar-refractivity contribution is 0.563. The highest BCUT2D eigenvalue weighted by atomic mass is 16.3. The van der Waals surface area contributed by atoms with Crippen LogP contribution in [0, 0.1) is 18.3 Å². The van der Waals surface area contributed by atoms with E-state index in [1.807, 2.05) is 12.1 Å². The summed E-state index contributed by atoms with van der Waals surface area (Å²) in [7, 11) is 0. The molecule has 3 nitrogen and oxygen atoms in total. The van der Waals surface area contributed by atoms with Gasteiger partial charge in [0.15, 0.2) is 5.43 Å². The molecule has 78 valence electrons. The molecule has 0 unspecified atom stereocenters. The van der Waals surface area contributed by atoms with Gasteiger partial charge in [-0.1, -0.05) is 12.1 Å². The highest BCUT2D eigenvalue weighted by Crippen LogP contribution is 2.15. The summed E-state index contributed by atoms with van der Waals surface area (Å²) >= 11 is 0. The van der Waals surface area contributed by atoms with Gasteiger partial charge in [-0.15, -0.1) is 0 Å². The minimum atomic E-state index is -0.106. The Kier molecular flexibility index (Phi) is 2.57. The Bertz CT molecular complexity index is 660. The van der Waals surface area contributed by atoms with Crippen LogP contribution in [0.1, 0.15) is 11.3 Å². The highest BCUT2D eigenvalue weighted by Gasteiger charge is 2.07. The van der Waals surface area contributed by atoms with Gasteiger partial charge in [0.1, 0.15) is 11.3 Å². The van der Waals surface area contributed by atoms with Crippen molar-refractivity contribution in [2.45, 2.75) is 6.92 Å². The molecule has 1 heterocycles. The molecule has 0 aliphatic carbocycles. The van der Waals surface area contributed by atoms with Gasteiger partial charge in [0.05, 0.1) is 17.0 Å². The topological polar surface area (TPSA) is 54.0 Å². The molecule has 0 aliphatic rings. The Hall–Kier alpha value is -2.34. The molecule has 0 saturated carbocycles.